The number of aromatic nitrogens is 3. The number of carbonyl (C=O) groups excluding carboxylic acids is 1. The van der Waals surface area contributed by atoms with Gasteiger partial charge in [-0.3, -0.25) is 9.78 Å². The van der Waals surface area contributed by atoms with E-state index in [0.717, 1.165) is 5.69 Å². The van der Waals surface area contributed by atoms with Crippen molar-refractivity contribution in [2.75, 3.05) is 5.32 Å². The molecule has 5 nitrogen and oxygen atoms in total. The molecule has 0 saturated carbocycles. The Hall–Kier alpha value is -2.17. The topological polar surface area (TPSA) is 59.8 Å². The molecule has 0 unspecified atom stereocenters. The number of rotatable bonds is 2. The van der Waals surface area contributed by atoms with Crippen molar-refractivity contribution in [3.8, 4) is 5.69 Å². The van der Waals surface area contributed by atoms with E-state index in [1.54, 1.807) is 29.5 Å². The Kier molecular flexibility index (Phi) is 2.45. The zero-order valence-corrected chi connectivity index (χ0v) is 8.21. The highest BCUT2D eigenvalue weighted by Gasteiger charge is 2.01. The number of hydrogen-bond donors (Lipinski definition) is 1. The number of carbonyl (C=O) groups is 1. The Morgan fingerprint density at radius 2 is 2.33 bits per heavy atom. The van der Waals surface area contributed by atoms with Crippen LogP contribution in [0, 0.1) is 0 Å². The van der Waals surface area contributed by atoms with Crippen molar-refractivity contribution >= 4 is 11.6 Å². The average Bonchev–Trinajstić information content (AvgIpc) is 2.67. The monoisotopic (exact) mass is 202 g/mol. The highest BCUT2D eigenvalue weighted by atomic mass is 16.1. The predicted octanol–water partition coefficient (Wildman–Crippen LogP) is 1.23. The van der Waals surface area contributed by atoms with Crippen LogP contribution >= 0.6 is 0 Å². The lowest BCUT2D eigenvalue weighted by molar-refractivity contribution is -0.114. The van der Waals surface area contributed by atoms with Crippen molar-refractivity contribution in [3.63, 3.8) is 0 Å². The summed E-state index contributed by atoms with van der Waals surface area (Å²) in [6.07, 6.45) is 6.72. The summed E-state index contributed by atoms with van der Waals surface area (Å²) >= 11 is 0. The molecular weight excluding hydrogens is 192 g/mol. The van der Waals surface area contributed by atoms with Gasteiger partial charge in [0, 0.05) is 13.1 Å². The molecule has 2 aromatic rings. The Bertz CT molecular complexity index is 463. The third-order valence-electron chi connectivity index (χ3n) is 1.81. The van der Waals surface area contributed by atoms with Crippen molar-refractivity contribution in [1.29, 1.82) is 0 Å². The largest absolute Gasteiger partial charge is 0.324 e. The van der Waals surface area contributed by atoms with Gasteiger partial charge in [-0.1, -0.05) is 0 Å². The van der Waals surface area contributed by atoms with Gasteiger partial charge in [0.1, 0.15) is 0 Å². The van der Waals surface area contributed by atoms with Crippen molar-refractivity contribution in [2.24, 2.45) is 0 Å². The van der Waals surface area contributed by atoms with Gasteiger partial charge in [0.2, 0.25) is 5.91 Å². The second kappa shape index (κ2) is 3.91. The van der Waals surface area contributed by atoms with E-state index in [0.29, 0.717) is 5.69 Å². The molecule has 0 radical (unpaired) electrons. The molecular formula is C10H10N4O. The van der Waals surface area contributed by atoms with Gasteiger partial charge in [0.05, 0.1) is 30.0 Å². The molecule has 0 spiro atoms. The number of nitrogens with one attached hydrogen (secondary N) is 1. The maximum absolute atomic E-state index is 10.8. The van der Waals surface area contributed by atoms with E-state index < -0.39 is 0 Å². The van der Waals surface area contributed by atoms with Gasteiger partial charge in [-0.05, 0) is 12.1 Å². The van der Waals surface area contributed by atoms with Gasteiger partial charge < -0.3 is 5.32 Å². The number of nitrogens with zero attached hydrogens (tertiary/aromatic N) is 3. The fourth-order valence-electron chi connectivity index (χ4n) is 1.22. The van der Waals surface area contributed by atoms with E-state index in [-0.39, 0.29) is 5.91 Å². The Balaban J connectivity index is 2.24. The molecule has 0 aliphatic heterocycles. The average molecular weight is 202 g/mol. The summed E-state index contributed by atoms with van der Waals surface area (Å²) in [7, 11) is 0. The molecule has 0 bridgehead atoms. The first kappa shape index (κ1) is 9.39. The van der Waals surface area contributed by atoms with Crippen LogP contribution in [0.2, 0.25) is 0 Å². The van der Waals surface area contributed by atoms with E-state index in [2.05, 4.69) is 15.4 Å². The highest BCUT2D eigenvalue weighted by molar-refractivity contribution is 5.88. The van der Waals surface area contributed by atoms with Crippen LogP contribution in [-0.4, -0.2) is 20.7 Å². The third-order valence-corrected chi connectivity index (χ3v) is 1.81. The lowest BCUT2D eigenvalue weighted by Crippen LogP contribution is -2.04. The maximum Gasteiger partial charge on any atom is 0.221 e. The van der Waals surface area contributed by atoms with E-state index in [9.17, 15) is 4.79 Å². The molecule has 2 heterocycles. The summed E-state index contributed by atoms with van der Waals surface area (Å²) in [5, 5.41) is 6.75. The summed E-state index contributed by atoms with van der Waals surface area (Å²) in [6, 6.07) is 3.71. The number of amides is 1. The molecule has 0 aliphatic rings. The smallest absolute Gasteiger partial charge is 0.221 e. The van der Waals surface area contributed by atoms with Crippen molar-refractivity contribution in [1.82, 2.24) is 14.8 Å². The van der Waals surface area contributed by atoms with Crippen LogP contribution in [0.25, 0.3) is 5.69 Å². The van der Waals surface area contributed by atoms with Crippen LogP contribution in [0.4, 0.5) is 5.69 Å². The van der Waals surface area contributed by atoms with Crippen LogP contribution < -0.4 is 5.32 Å². The van der Waals surface area contributed by atoms with Gasteiger partial charge in [-0.2, -0.15) is 5.10 Å². The molecule has 0 aliphatic carbocycles. The minimum absolute atomic E-state index is 0.110. The van der Waals surface area contributed by atoms with Gasteiger partial charge in [-0.25, -0.2) is 4.68 Å². The zero-order valence-electron chi connectivity index (χ0n) is 8.21. The summed E-state index contributed by atoms with van der Waals surface area (Å²) in [5.41, 5.74) is 1.53. The molecule has 2 rings (SSSR count). The molecule has 76 valence electrons. The van der Waals surface area contributed by atoms with E-state index in [1.807, 2.05) is 12.1 Å². The van der Waals surface area contributed by atoms with Gasteiger partial charge in [0.15, 0.2) is 0 Å². The first-order valence-corrected chi connectivity index (χ1v) is 4.48. The third kappa shape index (κ3) is 2.19. The normalized spacial score (nSPS) is 9.93. The number of hydrogen-bond acceptors (Lipinski definition) is 3. The fourth-order valence-corrected chi connectivity index (χ4v) is 1.22. The summed E-state index contributed by atoms with van der Waals surface area (Å²) < 4.78 is 1.65. The van der Waals surface area contributed by atoms with Crippen LogP contribution in [0.15, 0.2) is 36.9 Å². The van der Waals surface area contributed by atoms with Gasteiger partial charge >= 0.3 is 0 Å². The van der Waals surface area contributed by atoms with E-state index in [1.165, 1.54) is 6.92 Å². The second-order valence-electron chi connectivity index (χ2n) is 3.07. The Morgan fingerprint density at radius 3 is 3.00 bits per heavy atom. The minimum Gasteiger partial charge on any atom is -0.324 e. The lowest BCUT2D eigenvalue weighted by atomic mass is 10.4. The SMILES string of the molecule is CC(=O)Nc1cnn(-c2cccnc2)c1. The summed E-state index contributed by atoms with van der Waals surface area (Å²) in [6.45, 7) is 1.46. The van der Waals surface area contributed by atoms with Crippen LogP contribution in [0.1, 0.15) is 6.92 Å². The molecule has 0 saturated heterocycles. The molecule has 1 N–H and O–H groups in total. The molecule has 0 aromatic carbocycles. The molecule has 1 amide bonds. The molecule has 15 heavy (non-hydrogen) atoms. The predicted molar refractivity (Wildman–Crippen MR) is 55.7 cm³/mol. The van der Waals surface area contributed by atoms with E-state index in [4.69, 9.17) is 0 Å². The Labute approximate surface area is 86.8 Å². The summed E-state index contributed by atoms with van der Waals surface area (Å²) in [4.78, 5) is 14.8. The molecule has 0 fully saturated rings. The zero-order chi connectivity index (χ0) is 10.7. The quantitative estimate of drug-likeness (QED) is 0.796. The maximum atomic E-state index is 10.8. The first-order chi connectivity index (χ1) is 7.25. The van der Waals surface area contributed by atoms with Gasteiger partial charge in [-0.15, -0.1) is 0 Å². The fraction of sp³-hybridized carbons (Fsp3) is 0.100. The molecule has 2 aromatic heterocycles. The Morgan fingerprint density at radius 1 is 1.47 bits per heavy atom. The lowest BCUT2D eigenvalue weighted by Gasteiger charge is -1.98. The van der Waals surface area contributed by atoms with Crippen LogP contribution in [0.5, 0.6) is 0 Å². The minimum atomic E-state index is -0.110. The number of anilines is 1. The van der Waals surface area contributed by atoms with Crippen LogP contribution in [0.3, 0.4) is 0 Å². The molecule has 5 heteroatoms. The van der Waals surface area contributed by atoms with E-state index >= 15 is 0 Å². The summed E-state index contributed by atoms with van der Waals surface area (Å²) in [5.74, 6) is -0.110. The first-order valence-electron chi connectivity index (χ1n) is 4.48. The standard InChI is InChI=1S/C10H10N4O/c1-8(15)13-9-5-12-14(7-9)10-3-2-4-11-6-10/h2-7H,1H3,(H,13,15). The highest BCUT2D eigenvalue weighted by Crippen LogP contribution is 2.09. The van der Waals surface area contributed by atoms with Crippen molar-refractivity contribution in [2.45, 2.75) is 6.92 Å². The molecule has 0 atom stereocenters. The van der Waals surface area contributed by atoms with Gasteiger partial charge in [0.25, 0.3) is 0 Å². The second-order valence-corrected chi connectivity index (χ2v) is 3.07. The van der Waals surface area contributed by atoms with Crippen molar-refractivity contribution < 1.29 is 4.79 Å². The number of pyridine rings is 1. The van der Waals surface area contributed by atoms with Crippen molar-refractivity contribution in [3.05, 3.63) is 36.9 Å². The van der Waals surface area contributed by atoms with Crippen LogP contribution in [-0.2, 0) is 4.79 Å².